The van der Waals surface area contributed by atoms with Crippen LogP contribution in [-0.4, -0.2) is 28.5 Å². The molecule has 1 aliphatic rings. The van der Waals surface area contributed by atoms with Gasteiger partial charge in [0.1, 0.15) is 11.7 Å². The smallest absolute Gasteiger partial charge is 0.321 e. The molecule has 0 aliphatic heterocycles. The van der Waals surface area contributed by atoms with Crippen LogP contribution in [-0.2, 0) is 20.9 Å². The van der Waals surface area contributed by atoms with Crippen molar-refractivity contribution in [2.75, 3.05) is 7.11 Å². The number of imidazole rings is 1. The second kappa shape index (κ2) is 6.29. The van der Waals surface area contributed by atoms with E-state index in [9.17, 15) is 9.59 Å². The van der Waals surface area contributed by atoms with Gasteiger partial charge in [0, 0.05) is 12.2 Å². The summed E-state index contributed by atoms with van der Waals surface area (Å²) in [5.74, 6) is -0.702. The molecule has 6 nitrogen and oxygen atoms in total. The van der Waals surface area contributed by atoms with Crippen molar-refractivity contribution in [1.82, 2.24) is 14.9 Å². The van der Waals surface area contributed by atoms with E-state index in [0.29, 0.717) is 19.4 Å². The van der Waals surface area contributed by atoms with Crippen molar-refractivity contribution < 1.29 is 14.3 Å². The summed E-state index contributed by atoms with van der Waals surface area (Å²) < 4.78 is 6.76. The van der Waals surface area contributed by atoms with E-state index in [1.807, 2.05) is 53.1 Å². The number of rotatable bonds is 5. The standard InChI is InChI=1S/C20H19N3O3/c1-26-19(25)20(10-11-20)18(24)21-12-14-6-8-15(9-7-14)23-13-22-16-4-2-3-5-17(16)23/h2-9,13H,10-12H2,1H3,(H,21,24). The molecule has 1 N–H and O–H groups in total. The van der Waals surface area contributed by atoms with Gasteiger partial charge in [-0.15, -0.1) is 0 Å². The monoisotopic (exact) mass is 349 g/mol. The van der Waals surface area contributed by atoms with Gasteiger partial charge in [-0.25, -0.2) is 4.98 Å². The zero-order valence-corrected chi connectivity index (χ0v) is 14.4. The van der Waals surface area contributed by atoms with Crippen LogP contribution in [0.5, 0.6) is 0 Å². The fourth-order valence-electron chi connectivity index (χ4n) is 3.14. The molecule has 1 aromatic heterocycles. The van der Waals surface area contributed by atoms with Crippen LogP contribution < -0.4 is 5.32 Å². The molecule has 3 aromatic rings. The van der Waals surface area contributed by atoms with Gasteiger partial charge in [0.25, 0.3) is 0 Å². The molecule has 6 heteroatoms. The van der Waals surface area contributed by atoms with Gasteiger partial charge in [0.05, 0.1) is 18.1 Å². The van der Waals surface area contributed by atoms with Gasteiger partial charge in [0.15, 0.2) is 0 Å². The number of aromatic nitrogens is 2. The van der Waals surface area contributed by atoms with Crippen LogP contribution in [0.25, 0.3) is 16.7 Å². The lowest BCUT2D eigenvalue weighted by Crippen LogP contribution is -2.37. The Balaban J connectivity index is 1.45. The fourth-order valence-corrected chi connectivity index (χ4v) is 3.14. The lowest BCUT2D eigenvalue weighted by molar-refractivity contribution is -0.152. The van der Waals surface area contributed by atoms with Crippen LogP contribution in [0.1, 0.15) is 18.4 Å². The first-order chi connectivity index (χ1) is 12.6. The van der Waals surface area contributed by atoms with E-state index in [2.05, 4.69) is 10.3 Å². The summed E-state index contributed by atoms with van der Waals surface area (Å²) in [6, 6.07) is 15.9. The van der Waals surface area contributed by atoms with Gasteiger partial charge in [-0.1, -0.05) is 24.3 Å². The van der Waals surface area contributed by atoms with Gasteiger partial charge in [-0.3, -0.25) is 14.2 Å². The normalized spacial score (nSPS) is 14.8. The average molecular weight is 349 g/mol. The van der Waals surface area contributed by atoms with Gasteiger partial charge in [-0.2, -0.15) is 0 Å². The molecule has 1 saturated carbocycles. The second-order valence-electron chi connectivity index (χ2n) is 6.53. The summed E-state index contributed by atoms with van der Waals surface area (Å²) in [4.78, 5) is 28.4. The Morgan fingerprint density at radius 1 is 1.15 bits per heavy atom. The van der Waals surface area contributed by atoms with E-state index in [4.69, 9.17) is 4.74 Å². The topological polar surface area (TPSA) is 73.2 Å². The summed E-state index contributed by atoms with van der Waals surface area (Å²) in [6.07, 6.45) is 2.91. The number of hydrogen-bond donors (Lipinski definition) is 1. The first-order valence-corrected chi connectivity index (χ1v) is 8.52. The molecule has 0 unspecified atom stereocenters. The number of para-hydroxylation sites is 2. The second-order valence-corrected chi connectivity index (χ2v) is 6.53. The lowest BCUT2D eigenvalue weighted by Gasteiger charge is -2.13. The van der Waals surface area contributed by atoms with Gasteiger partial charge >= 0.3 is 5.97 Å². The van der Waals surface area contributed by atoms with Crippen molar-refractivity contribution in [3.8, 4) is 5.69 Å². The summed E-state index contributed by atoms with van der Waals surface area (Å²) in [6.45, 7) is 0.378. The van der Waals surface area contributed by atoms with E-state index in [0.717, 1.165) is 22.3 Å². The molecule has 1 heterocycles. The van der Waals surface area contributed by atoms with Gasteiger partial charge in [-0.05, 0) is 42.7 Å². The number of ether oxygens (including phenoxy) is 1. The van der Waals surface area contributed by atoms with Crippen LogP contribution in [0.15, 0.2) is 54.9 Å². The number of methoxy groups -OCH3 is 1. The number of nitrogens with zero attached hydrogens (tertiary/aromatic N) is 2. The van der Waals surface area contributed by atoms with Gasteiger partial charge < -0.3 is 10.1 Å². The Hall–Kier alpha value is -3.15. The third-order valence-electron chi connectivity index (χ3n) is 4.88. The SMILES string of the molecule is COC(=O)C1(C(=O)NCc2ccc(-n3cnc4ccccc43)cc2)CC1. The van der Waals surface area contributed by atoms with Crippen molar-refractivity contribution in [2.45, 2.75) is 19.4 Å². The highest BCUT2D eigenvalue weighted by Crippen LogP contribution is 2.46. The minimum Gasteiger partial charge on any atom is -0.468 e. The molecule has 0 radical (unpaired) electrons. The fraction of sp³-hybridized carbons (Fsp3) is 0.250. The Kier molecular flexibility index (Phi) is 3.95. The van der Waals surface area contributed by atoms with E-state index in [1.54, 1.807) is 6.33 Å². The molecular weight excluding hydrogens is 330 g/mol. The van der Waals surface area contributed by atoms with E-state index >= 15 is 0 Å². The molecule has 132 valence electrons. The molecule has 0 atom stereocenters. The quantitative estimate of drug-likeness (QED) is 0.568. The maximum atomic E-state index is 12.3. The summed E-state index contributed by atoms with van der Waals surface area (Å²) in [7, 11) is 1.31. The number of carbonyl (C=O) groups is 2. The molecule has 1 fully saturated rings. The van der Waals surface area contributed by atoms with Crippen LogP contribution in [0.2, 0.25) is 0 Å². The van der Waals surface area contributed by atoms with Crippen LogP contribution >= 0.6 is 0 Å². The average Bonchev–Trinajstić information content (AvgIpc) is 3.39. The number of fused-ring (bicyclic) bond motifs is 1. The van der Waals surface area contributed by atoms with Gasteiger partial charge in [0.2, 0.25) is 5.91 Å². The number of benzene rings is 2. The number of carbonyl (C=O) groups excluding carboxylic acids is 2. The van der Waals surface area contributed by atoms with Crippen molar-refractivity contribution in [3.05, 3.63) is 60.4 Å². The zero-order chi connectivity index (χ0) is 18.1. The molecule has 0 spiro atoms. The molecular formula is C20H19N3O3. The zero-order valence-electron chi connectivity index (χ0n) is 14.4. The number of hydrogen-bond acceptors (Lipinski definition) is 4. The highest BCUT2D eigenvalue weighted by Gasteiger charge is 2.57. The minimum absolute atomic E-state index is 0.256. The van der Waals surface area contributed by atoms with E-state index in [1.165, 1.54) is 7.11 Å². The van der Waals surface area contributed by atoms with Crippen molar-refractivity contribution >= 4 is 22.9 Å². The summed E-state index contributed by atoms with van der Waals surface area (Å²) in [5.41, 5.74) is 2.99. The van der Waals surface area contributed by atoms with Crippen molar-refractivity contribution in [3.63, 3.8) is 0 Å². The molecule has 26 heavy (non-hydrogen) atoms. The first-order valence-electron chi connectivity index (χ1n) is 8.52. The largest absolute Gasteiger partial charge is 0.468 e. The van der Waals surface area contributed by atoms with E-state index < -0.39 is 11.4 Å². The minimum atomic E-state index is -0.968. The third-order valence-corrected chi connectivity index (χ3v) is 4.88. The third kappa shape index (κ3) is 2.73. The molecule has 1 aliphatic carbocycles. The molecule has 2 aromatic carbocycles. The number of nitrogens with one attached hydrogen (secondary N) is 1. The van der Waals surface area contributed by atoms with E-state index in [-0.39, 0.29) is 5.91 Å². The molecule has 4 rings (SSSR count). The number of amides is 1. The molecule has 1 amide bonds. The predicted octanol–water partition coefficient (Wildman–Crippen LogP) is 2.59. The first kappa shape index (κ1) is 16.3. The molecule has 0 saturated heterocycles. The highest BCUT2D eigenvalue weighted by atomic mass is 16.5. The summed E-state index contributed by atoms with van der Waals surface area (Å²) >= 11 is 0. The maximum Gasteiger partial charge on any atom is 0.321 e. The Morgan fingerprint density at radius 2 is 1.88 bits per heavy atom. The van der Waals surface area contributed by atoms with Crippen molar-refractivity contribution in [2.24, 2.45) is 5.41 Å². The maximum absolute atomic E-state index is 12.3. The van der Waals surface area contributed by atoms with Crippen LogP contribution in [0.4, 0.5) is 0 Å². The molecule has 0 bridgehead atoms. The highest BCUT2D eigenvalue weighted by molar-refractivity contribution is 6.05. The lowest BCUT2D eigenvalue weighted by atomic mass is 10.1. The Bertz CT molecular complexity index is 971. The Labute approximate surface area is 150 Å². The van der Waals surface area contributed by atoms with Crippen LogP contribution in [0, 0.1) is 5.41 Å². The van der Waals surface area contributed by atoms with Crippen molar-refractivity contribution in [1.29, 1.82) is 0 Å². The Morgan fingerprint density at radius 3 is 2.58 bits per heavy atom. The predicted molar refractivity (Wildman–Crippen MR) is 96.6 cm³/mol. The number of esters is 1. The van der Waals surface area contributed by atoms with Crippen LogP contribution in [0.3, 0.4) is 0 Å². The summed E-state index contributed by atoms with van der Waals surface area (Å²) in [5, 5.41) is 2.84.